The van der Waals surface area contributed by atoms with Gasteiger partial charge in [0.15, 0.2) is 11.5 Å². The van der Waals surface area contributed by atoms with E-state index in [1.54, 1.807) is 42.5 Å². The van der Waals surface area contributed by atoms with Gasteiger partial charge in [0.25, 0.3) is 11.8 Å². The van der Waals surface area contributed by atoms with Crippen LogP contribution in [0, 0.1) is 0 Å². The zero-order chi connectivity index (χ0) is 17.2. The van der Waals surface area contributed by atoms with Crippen LogP contribution in [0.5, 0.6) is 11.5 Å². The third-order valence-corrected chi connectivity index (χ3v) is 3.89. The largest absolute Gasteiger partial charge is 0.485 e. The Labute approximate surface area is 147 Å². The second-order valence-corrected chi connectivity index (χ2v) is 5.65. The van der Waals surface area contributed by atoms with E-state index in [9.17, 15) is 4.79 Å². The predicted octanol–water partition coefficient (Wildman–Crippen LogP) is 3.17. The summed E-state index contributed by atoms with van der Waals surface area (Å²) in [4.78, 5) is 12.3. The van der Waals surface area contributed by atoms with E-state index in [0.29, 0.717) is 22.1 Å². The van der Waals surface area contributed by atoms with Crippen LogP contribution in [0.2, 0.25) is 5.02 Å². The van der Waals surface area contributed by atoms with Crippen LogP contribution in [0.4, 0.5) is 6.01 Å². The standard InChI is InChI=1S/C17H12ClN3O4/c18-11-6-2-1-5-10(11)16-20-21-17(25-16)19-15(22)14-9-23-12-7-3-4-8-13(12)24-14/h1-8,14H,9H2,(H,19,21,22)/t14-/m1/s1. The van der Waals surface area contributed by atoms with Gasteiger partial charge in [-0.3, -0.25) is 10.1 Å². The number of anilines is 1. The van der Waals surface area contributed by atoms with Gasteiger partial charge in [0.2, 0.25) is 6.10 Å². The lowest BCUT2D eigenvalue weighted by Gasteiger charge is -2.24. The van der Waals surface area contributed by atoms with E-state index in [1.165, 1.54) is 0 Å². The quantitative estimate of drug-likeness (QED) is 0.774. The Balaban J connectivity index is 1.47. The van der Waals surface area contributed by atoms with Gasteiger partial charge in [0.05, 0.1) is 10.6 Å². The maximum absolute atomic E-state index is 12.3. The summed E-state index contributed by atoms with van der Waals surface area (Å²) < 4.78 is 16.6. The number of para-hydroxylation sites is 2. The van der Waals surface area contributed by atoms with E-state index in [0.717, 1.165) is 0 Å². The first kappa shape index (κ1) is 15.5. The van der Waals surface area contributed by atoms with Crippen molar-refractivity contribution >= 4 is 23.5 Å². The molecule has 0 radical (unpaired) electrons. The summed E-state index contributed by atoms with van der Waals surface area (Å²) >= 11 is 6.09. The second kappa shape index (κ2) is 6.45. The van der Waals surface area contributed by atoms with Crippen molar-refractivity contribution in [3.63, 3.8) is 0 Å². The smallest absolute Gasteiger partial charge is 0.322 e. The average Bonchev–Trinajstić information content (AvgIpc) is 3.10. The SMILES string of the molecule is O=C(Nc1nnc(-c2ccccc2Cl)o1)[C@H]1COc2ccccc2O1. The number of fused-ring (bicyclic) bond motifs is 1. The van der Waals surface area contributed by atoms with Crippen LogP contribution in [-0.2, 0) is 4.79 Å². The van der Waals surface area contributed by atoms with Crippen LogP contribution in [0.3, 0.4) is 0 Å². The minimum Gasteiger partial charge on any atom is -0.485 e. The fourth-order valence-corrected chi connectivity index (χ4v) is 2.57. The Morgan fingerprint density at radius 2 is 1.84 bits per heavy atom. The molecule has 0 fully saturated rings. The van der Waals surface area contributed by atoms with Crippen molar-refractivity contribution in [1.29, 1.82) is 0 Å². The van der Waals surface area contributed by atoms with E-state index in [1.807, 2.05) is 6.07 Å². The summed E-state index contributed by atoms with van der Waals surface area (Å²) in [6.07, 6.45) is -0.814. The monoisotopic (exact) mass is 357 g/mol. The first-order chi connectivity index (χ1) is 12.2. The lowest BCUT2D eigenvalue weighted by molar-refractivity contribution is -0.125. The third kappa shape index (κ3) is 3.14. The van der Waals surface area contributed by atoms with Gasteiger partial charge in [-0.2, -0.15) is 0 Å². The van der Waals surface area contributed by atoms with Gasteiger partial charge in [0.1, 0.15) is 6.61 Å². The van der Waals surface area contributed by atoms with E-state index in [2.05, 4.69) is 15.5 Å². The van der Waals surface area contributed by atoms with Crippen LogP contribution >= 0.6 is 11.6 Å². The topological polar surface area (TPSA) is 86.5 Å². The zero-order valence-electron chi connectivity index (χ0n) is 12.8. The number of hydrogen-bond donors (Lipinski definition) is 1. The van der Waals surface area contributed by atoms with Crippen LogP contribution in [0.1, 0.15) is 0 Å². The number of aromatic nitrogens is 2. The molecule has 2 aromatic carbocycles. The van der Waals surface area contributed by atoms with Crippen molar-refractivity contribution in [3.05, 3.63) is 53.6 Å². The Morgan fingerprint density at radius 3 is 2.68 bits per heavy atom. The molecule has 0 saturated heterocycles. The zero-order valence-corrected chi connectivity index (χ0v) is 13.6. The van der Waals surface area contributed by atoms with Gasteiger partial charge in [0, 0.05) is 0 Å². The molecule has 2 heterocycles. The van der Waals surface area contributed by atoms with Crippen LogP contribution < -0.4 is 14.8 Å². The molecule has 1 amide bonds. The Bertz CT molecular complexity index is 928. The molecule has 7 nitrogen and oxygen atoms in total. The molecular weight excluding hydrogens is 346 g/mol. The van der Waals surface area contributed by atoms with Crippen LogP contribution in [0.15, 0.2) is 52.9 Å². The fraction of sp³-hybridized carbons (Fsp3) is 0.118. The lowest BCUT2D eigenvalue weighted by Crippen LogP contribution is -2.40. The van der Waals surface area contributed by atoms with Crippen molar-refractivity contribution in [3.8, 4) is 23.0 Å². The second-order valence-electron chi connectivity index (χ2n) is 5.25. The number of hydrogen-bond acceptors (Lipinski definition) is 6. The van der Waals surface area contributed by atoms with Crippen molar-refractivity contribution in [2.24, 2.45) is 0 Å². The lowest BCUT2D eigenvalue weighted by atomic mass is 10.2. The van der Waals surface area contributed by atoms with Crippen molar-refractivity contribution in [1.82, 2.24) is 10.2 Å². The van der Waals surface area contributed by atoms with E-state index in [-0.39, 0.29) is 18.5 Å². The number of ether oxygens (including phenoxy) is 2. The number of carbonyl (C=O) groups is 1. The number of benzene rings is 2. The number of rotatable bonds is 3. The van der Waals surface area contributed by atoms with Crippen LogP contribution in [-0.4, -0.2) is 28.8 Å². The maximum Gasteiger partial charge on any atom is 0.322 e. The Kier molecular flexibility index (Phi) is 3.99. The molecule has 0 bridgehead atoms. The summed E-state index contributed by atoms with van der Waals surface area (Å²) in [6.45, 7) is 0.0916. The molecule has 0 saturated carbocycles. The third-order valence-electron chi connectivity index (χ3n) is 3.56. The number of nitrogens with one attached hydrogen (secondary N) is 1. The van der Waals surface area contributed by atoms with Gasteiger partial charge in [-0.1, -0.05) is 41.0 Å². The predicted molar refractivity (Wildman–Crippen MR) is 89.7 cm³/mol. The highest BCUT2D eigenvalue weighted by Gasteiger charge is 2.28. The average molecular weight is 358 g/mol. The summed E-state index contributed by atoms with van der Waals surface area (Å²) in [5, 5.41) is 10.7. The molecule has 0 unspecified atom stereocenters. The first-order valence-electron chi connectivity index (χ1n) is 7.48. The van der Waals surface area contributed by atoms with E-state index in [4.69, 9.17) is 25.5 Å². The fourth-order valence-electron chi connectivity index (χ4n) is 2.35. The molecule has 4 rings (SSSR count). The normalized spacial score (nSPS) is 15.6. The van der Waals surface area contributed by atoms with Crippen molar-refractivity contribution in [2.45, 2.75) is 6.10 Å². The van der Waals surface area contributed by atoms with Gasteiger partial charge in [-0.15, -0.1) is 5.10 Å². The molecule has 1 N–H and O–H groups in total. The summed E-state index contributed by atoms with van der Waals surface area (Å²) in [6, 6.07) is 14.2. The van der Waals surface area contributed by atoms with E-state index < -0.39 is 12.0 Å². The van der Waals surface area contributed by atoms with Gasteiger partial charge < -0.3 is 13.9 Å². The van der Waals surface area contributed by atoms with Gasteiger partial charge >= 0.3 is 6.01 Å². The molecule has 8 heteroatoms. The highest BCUT2D eigenvalue weighted by atomic mass is 35.5. The molecule has 3 aromatic rings. The molecule has 25 heavy (non-hydrogen) atoms. The van der Waals surface area contributed by atoms with Crippen molar-refractivity contribution in [2.75, 3.05) is 11.9 Å². The maximum atomic E-state index is 12.3. The Morgan fingerprint density at radius 1 is 1.08 bits per heavy atom. The summed E-state index contributed by atoms with van der Waals surface area (Å²) in [5.74, 6) is 0.887. The number of amides is 1. The van der Waals surface area contributed by atoms with Crippen molar-refractivity contribution < 1.29 is 18.7 Å². The molecular formula is C17H12ClN3O4. The highest BCUT2D eigenvalue weighted by molar-refractivity contribution is 6.33. The number of nitrogens with zero attached hydrogens (tertiary/aromatic N) is 2. The molecule has 1 aromatic heterocycles. The Hall–Kier alpha value is -3.06. The summed E-state index contributed by atoms with van der Waals surface area (Å²) in [5.41, 5.74) is 0.586. The molecule has 0 aliphatic carbocycles. The minimum absolute atomic E-state index is 0.0395. The minimum atomic E-state index is -0.814. The molecule has 0 spiro atoms. The molecule has 1 aliphatic heterocycles. The number of halogens is 1. The molecule has 1 aliphatic rings. The van der Waals surface area contributed by atoms with Gasteiger partial charge in [-0.25, -0.2) is 0 Å². The number of carbonyl (C=O) groups excluding carboxylic acids is 1. The molecule has 126 valence electrons. The summed E-state index contributed by atoms with van der Waals surface area (Å²) in [7, 11) is 0. The van der Waals surface area contributed by atoms with E-state index >= 15 is 0 Å². The van der Waals surface area contributed by atoms with Gasteiger partial charge in [-0.05, 0) is 24.3 Å². The highest BCUT2D eigenvalue weighted by Crippen LogP contribution is 2.31. The van der Waals surface area contributed by atoms with Crippen LogP contribution in [0.25, 0.3) is 11.5 Å². The first-order valence-corrected chi connectivity index (χ1v) is 7.86. The molecule has 1 atom stereocenters.